The molecule has 0 aliphatic heterocycles. The predicted octanol–water partition coefficient (Wildman–Crippen LogP) is 5.18. The maximum absolute atomic E-state index is 13.3. The van der Waals surface area contributed by atoms with E-state index >= 15 is 0 Å². The molecular formula is C32H33N3O9S. The highest BCUT2D eigenvalue weighted by Crippen LogP contribution is 2.31. The van der Waals surface area contributed by atoms with Gasteiger partial charge in [-0.1, -0.05) is 0 Å². The second kappa shape index (κ2) is 14.8. The molecule has 0 spiro atoms. The zero-order chi connectivity index (χ0) is 32.4. The van der Waals surface area contributed by atoms with Crippen LogP contribution < -0.4 is 39.0 Å². The molecule has 0 saturated heterocycles. The minimum Gasteiger partial charge on any atom is -0.497 e. The molecule has 0 aliphatic carbocycles. The number of carbonyl (C=O) groups is 2. The van der Waals surface area contributed by atoms with Crippen molar-refractivity contribution in [2.24, 2.45) is 0 Å². The van der Waals surface area contributed by atoms with Gasteiger partial charge in [0.2, 0.25) is 0 Å². The summed E-state index contributed by atoms with van der Waals surface area (Å²) >= 11 is 0. The van der Waals surface area contributed by atoms with Gasteiger partial charge in [-0.05, 0) is 91.9 Å². The van der Waals surface area contributed by atoms with Gasteiger partial charge in [-0.25, -0.2) is 8.42 Å². The summed E-state index contributed by atoms with van der Waals surface area (Å²) in [4.78, 5) is 25.3. The van der Waals surface area contributed by atoms with Gasteiger partial charge in [-0.2, -0.15) is 0 Å². The standard InChI is InChI=1S/C32H33N3O9S/c1-5-43-26-14-9-23(10-15-26)35-45(38,39)30-19-24(11-17-28(30)41-3)34-32(37)21-6-16-27(29(18-21)42-4)44-20-31(36)33-22-7-12-25(40-2)13-8-22/h6-19,35H,5,20H2,1-4H3,(H,33,36)(H,34,37). The van der Waals surface area contributed by atoms with Gasteiger partial charge < -0.3 is 34.3 Å². The summed E-state index contributed by atoms with van der Waals surface area (Å²) in [5.41, 5.74) is 1.31. The van der Waals surface area contributed by atoms with Crippen LogP contribution in [0.25, 0.3) is 0 Å². The molecule has 0 saturated carbocycles. The van der Waals surface area contributed by atoms with Gasteiger partial charge in [0, 0.05) is 22.6 Å². The molecule has 4 aromatic carbocycles. The number of carbonyl (C=O) groups excluding carboxylic acids is 2. The second-order valence-corrected chi connectivity index (χ2v) is 11.0. The number of hydrogen-bond donors (Lipinski definition) is 3. The zero-order valence-corrected chi connectivity index (χ0v) is 25.9. The fourth-order valence-electron chi connectivity index (χ4n) is 4.11. The fourth-order valence-corrected chi connectivity index (χ4v) is 5.36. The number of rotatable bonds is 14. The Hall–Kier alpha value is -5.43. The van der Waals surface area contributed by atoms with Crippen LogP contribution in [0.4, 0.5) is 17.1 Å². The first kappa shape index (κ1) is 32.5. The number of hydrogen-bond acceptors (Lipinski definition) is 9. The van der Waals surface area contributed by atoms with Crippen molar-refractivity contribution in [3.05, 3.63) is 90.5 Å². The zero-order valence-electron chi connectivity index (χ0n) is 25.1. The normalized spacial score (nSPS) is 10.8. The number of benzene rings is 4. The lowest BCUT2D eigenvalue weighted by Crippen LogP contribution is -2.20. The maximum atomic E-state index is 13.3. The molecule has 12 nitrogen and oxygen atoms in total. The van der Waals surface area contributed by atoms with Crippen molar-refractivity contribution in [2.75, 3.05) is 49.9 Å². The van der Waals surface area contributed by atoms with Gasteiger partial charge in [0.15, 0.2) is 18.1 Å². The molecule has 0 atom stereocenters. The van der Waals surface area contributed by atoms with E-state index in [4.69, 9.17) is 23.7 Å². The number of ether oxygens (including phenoxy) is 5. The molecule has 0 radical (unpaired) electrons. The van der Waals surface area contributed by atoms with E-state index in [1.54, 1.807) is 55.6 Å². The number of sulfonamides is 1. The minimum atomic E-state index is -4.10. The van der Waals surface area contributed by atoms with Gasteiger partial charge in [0.05, 0.1) is 27.9 Å². The molecule has 0 bridgehead atoms. The lowest BCUT2D eigenvalue weighted by molar-refractivity contribution is -0.118. The molecule has 0 unspecified atom stereocenters. The van der Waals surface area contributed by atoms with E-state index in [1.165, 1.54) is 50.6 Å². The number of amides is 2. The van der Waals surface area contributed by atoms with Crippen LogP contribution >= 0.6 is 0 Å². The van der Waals surface area contributed by atoms with Crippen molar-refractivity contribution in [3.8, 4) is 28.7 Å². The summed E-state index contributed by atoms with van der Waals surface area (Å²) in [6.07, 6.45) is 0. The van der Waals surface area contributed by atoms with E-state index in [9.17, 15) is 18.0 Å². The fraction of sp³-hybridized carbons (Fsp3) is 0.188. The van der Waals surface area contributed by atoms with Gasteiger partial charge in [-0.3, -0.25) is 14.3 Å². The smallest absolute Gasteiger partial charge is 0.265 e. The van der Waals surface area contributed by atoms with Gasteiger partial charge in [-0.15, -0.1) is 0 Å². The first-order valence-corrected chi connectivity index (χ1v) is 15.1. The number of methoxy groups -OCH3 is 3. The third kappa shape index (κ3) is 8.57. The molecule has 0 heterocycles. The Labute approximate surface area is 261 Å². The Morgan fingerprint density at radius 1 is 0.644 bits per heavy atom. The first-order chi connectivity index (χ1) is 21.6. The van der Waals surface area contributed by atoms with Crippen LogP contribution in [0.15, 0.2) is 89.8 Å². The van der Waals surface area contributed by atoms with E-state index < -0.39 is 21.8 Å². The average molecular weight is 636 g/mol. The molecule has 2 amide bonds. The summed E-state index contributed by atoms with van der Waals surface area (Å²) in [5.74, 6) is 0.887. The van der Waals surface area contributed by atoms with Crippen molar-refractivity contribution in [2.45, 2.75) is 11.8 Å². The van der Waals surface area contributed by atoms with Crippen molar-refractivity contribution in [1.29, 1.82) is 0 Å². The van der Waals surface area contributed by atoms with Gasteiger partial charge in [0.25, 0.3) is 21.8 Å². The van der Waals surface area contributed by atoms with Crippen LogP contribution in [0, 0.1) is 0 Å². The largest absolute Gasteiger partial charge is 0.497 e. The molecule has 4 rings (SSSR count). The van der Waals surface area contributed by atoms with Crippen LogP contribution in [0.1, 0.15) is 17.3 Å². The van der Waals surface area contributed by atoms with Crippen LogP contribution in [0.2, 0.25) is 0 Å². The SMILES string of the molecule is CCOc1ccc(NS(=O)(=O)c2cc(NC(=O)c3ccc(OCC(=O)Nc4ccc(OC)cc4)c(OC)c3)ccc2OC)cc1. The lowest BCUT2D eigenvalue weighted by atomic mass is 10.1. The van der Waals surface area contributed by atoms with Crippen molar-refractivity contribution >= 4 is 38.9 Å². The van der Waals surface area contributed by atoms with Crippen molar-refractivity contribution in [1.82, 2.24) is 0 Å². The monoisotopic (exact) mass is 635 g/mol. The Balaban J connectivity index is 1.43. The van der Waals surface area contributed by atoms with Gasteiger partial charge >= 0.3 is 0 Å². The van der Waals surface area contributed by atoms with E-state index in [-0.39, 0.29) is 40.0 Å². The topological polar surface area (TPSA) is 151 Å². The van der Waals surface area contributed by atoms with Crippen molar-refractivity contribution in [3.63, 3.8) is 0 Å². The molecule has 0 aliphatic rings. The lowest BCUT2D eigenvalue weighted by Gasteiger charge is -2.15. The molecule has 236 valence electrons. The molecular weight excluding hydrogens is 602 g/mol. The van der Waals surface area contributed by atoms with Crippen LogP contribution in [-0.4, -0.2) is 54.8 Å². The molecule has 4 aromatic rings. The molecule has 13 heteroatoms. The number of nitrogens with one attached hydrogen (secondary N) is 3. The predicted molar refractivity (Wildman–Crippen MR) is 169 cm³/mol. The van der Waals surface area contributed by atoms with Crippen LogP contribution in [0.5, 0.6) is 28.7 Å². The van der Waals surface area contributed by atoms with E-state index in [0.29, 0.717) is 29.5 Å². The average Bonchev–Trinajstić information content (AvgIpc) is 3.05. The highest BCUT2D eigenvalue weighted by molar-refractivity contribution is 7.92. The summed E-state index contributed by atoms with van der Waals surface area (Å²) in [7, 11) is 0.204. The summed E-state index contributed by atoms with van der Waals surface area (Å²) < 4.78 is 55.8. The van der Waals surface area contributed by atoms with E-state index in [1.807, 2.05) is 6.92 Å². The van der Waals surface area contributed by atoms with Crippen molar-refractivity contribution < 1.29 is 41.7 Å². The highest BCUT2D eigenvalue weighted by atomic mass is 32.2. The molecule has 0 aromatic heterocycles. The van der Waals surface area contributed by atoms with Crippen LogP contribution in [-0.2, 0) is 14.8 Å². The van der Waals surface area contributed by atoms with Crippen LogP contribution in [0.3, 0.4) is 0 Å². The maximum Gasteiger partial charge on any atom is 0.265 e. The Kier molecular flexibility index (Phi) is 10.7. The molecule has 0 fully saturated rings. The van der Waals surface area contributed by atoms with Gasteiger partial charge in [0.1, 0.15) is 22.1 Å². The van der Waals surface area contributed by atoms with E-state index in [0.717, 1.165) is 0 Å². The third-order valence-corrected chi connectivity index (χ3v) is 7.69. The Bertz CT molecular complexity index is 1740. The summed E-state index contributed by atoms with van der Waals surface area (Å²) in [5, 5.41) is 5.41. The third-order valence-electron chi connectivity index (χ3n) is 6.29. The first-order valence-electron chi connectivity index (χ1n) is 13.7. The molecule has 3 N–H and O–H groups in total. The number of anilines is 3. The highest BCUT2D eigenvalue weighted by Gasteiger charge is 2.22. The quantitative estimate of drug-likeness (QED) is 0.170. The Morgan fingerprint density at radius 2 is 1.27 bits per heavy atom. The minimum absolute atomic E-state index is 0.0885. The summed E-state index contributed by atoms with van der Waals surface area (Å²) in [6.45, 7) is 2.03. The second-order valence-electron chi connectivity index (χ2n) is 9.31. The Morgan fingerprint density at radius 3 is 1.91 bits per heavy atom. The summed E-state index contributed by atoms with van der Waals surface area (Å²) in [6, 6.07) is 22.0. The molecule has 45 heavy (non-hydrogen) atoms. The van der Waals surface area contributed by atoms with E-state index in [2.05, 4.69) is 15.4 Å².